The Morgan fingerprint density at radius 1 is 0.957 bits per heavy atom. The van der Waals surface area contributed by atoms with Crippen molar-refractivity contribution in [2.24, 2.45) is 5.84 Å². The van der Waals surface area contributed by atoms with E-state index in [9.17, 15) is 0 Å². The first-order valence-electron chi connectivity index (χ1n) is 8.53. The maximum absolute atomic E-state index is 6.31. The van der Waals surface area contributed by atoms with E-state index in [2.05, 4.69) is 61.6 Å². The number of nitrogens with zero attached hydrogens (tertiary/aromatic N) is 1. The highest BCUT2D eigenvalue weighted by Gasteiger charge is 2.18. The molecule has 0 bridgehead atoms. The van der Waals surface area contributed by atoms with Gasteiger partial charge in [-0.25, -0.2) is 5.84 Å². The lowest BCUT2D eigenvalue weighted by Crippen LogP contribution is -2.47. The van der Waals surface area contributed by atoms with Crippen molar-refractivity contribution in [3.05, 3.63) is 64.7 Å². The third-order valence-electron chi connectivity index (χ3n) is 4.92. The highest BCUT2D eigenvalue weighted by Crippen LogP contribution is 2.21. The van der Waals surface area contributed by atoms with Crippen LogP contribution < -0.4 is 16.2 Å². The fraction of sp³-hybridized carbons (Fsp3) is 0.400. The van der Waals surface area contributed by atoms with Gasteiger partial charge in [-0.2, -0.15) is 0 Å². The Kier molecular flexibility index (Phi) is 4.99. The molecule has 1 aliphatic heterocycles. The standard InChI is InChI=1S/C20H27N3/c1-15-3-4-18(13-16(15)2)14-17-5-7-19(8-6-17)23(21)20-9-11-22-12-10-20/h3-8,13,20,22H,9-12,14,21H2,1-2H3. The average Bonchev–Trinajstić information content (AvgIpc) is 2.59. The number of nitrogens with one attached hydrogen (secondary N) is 1. The van der Waals surface area contributed by atoms with E-state index in [1.165, 1.54) is 22.3 Å². The van der Waals surface area contributed by atoms with Crippen molar-refractivity contribution in [2.45, 2.75) is 39.2 Å². The maximum Gasteiger partial charge on any atom is 0.0520 e. The third-order valence-corrected chi connectivity index (χ3v) is 4.92. The lowest BCUT2D eigenvalue weighted by molar-refractivity contribution is 0.433. The van der Waals surface area contributed by atoms with Crippen LogP contribution in [0.25, 0.3) is 0 Å². The minimum atomic E-state index is 0.446. The van der Waals surface area contributed by atoms with Crippen LogP contribution in [0.5, 0.6) is 0 Å². The summed E-state index contributed by atoms with van der Waals surface area (Å²) in [4.78, 5) is 0. The van der Waals surface area contributed by atoms with E-state index in [1.54, 1.807) is 0 Å². The van der Waals surface area contributed by atoms with Gasteiger partial charge in [-0.1, -0.05) is 30.3 Å². The van der Waals surface area contributed by atoms with Crippen LogP contribution in [-0.4, -0.2) is 19.1 Å². The lowest BCUT2D eigenvalue weighted by atomic mass is 10.00. The SMILES string of the molecule is Cc1ccc(Cc2ccc(N(N)C3CCNCC3)cc2)cc1C. The van der Waals surface area contributed by atoms with Gasteiger partial charge in [0.05, 0.1) is 5.69 Å². The molecule has 1 aliphatic rings. The first-order chi connectivity index (χ1) is 11.1. The number of piperidine rings is 1. The second-order valence-corrected chi connectivity index (χ2v) is 6.65. The number of hydrogen-bond acceptors (Lipinski definition) is 3. The molecule has 23 heavy (non-hydrogen) atoms. The topological polar surface area (TPSA) is 41.3 Å². The van der Waals surface area contributed by atoms with Crippen LogP contribution in [0.15, 0.2) is 42.5 Å². The molecule has 0 radical (unpaired) electrons. The molecule has 0 atom stereocenters. The van der Waals surface area contributed by atoms with Crippen molar-refractivity contribution in [1.82, 2.24) is 5.32 Å². The van der Waals surface area contributed by atoms with Crippen LogP contribution in [0.1, 0.15) is 35.1 Å². The maximum atomic E-state index is 6.31. The molecule has 1 saturated heterocycles. The quantitative estimate of drug-likeness (QED) is 0.672. The van der Waals surface area contributed by atoms with Gasteiger partial charge in [0.15, 0.2) is 0 Å². The molecule has 0 unspecified atom stereocenters. The van der Waals surface area contributed by atoms with Gasteiger partial charge < -0.3 is 10.3 Å². The van der Waals surface area contributed by atoms with Gasteiger partial charge in [-0.05, 0) is 80.6 Å². The Balaban J connectivity index is 1.67. The summed E-state index contributed by atoms with van der Waals surface area (Å²) in [6.45, 7) is 6.45. The summed E-state index contributed by atoms with van der Waals surface area (Å²) in [5.74, 6) is 6.31. The number of rotatable bonds is 4. The molecule has 3 rings (SSSR count). The molecule has 122 valence electrons. The minimum absolute atomic E-state index is 0.446. The number of nitrogens with two attached hydrogens (primary N) is 1. The summed E-state index contributed by atoms with van der Waals surface area (Å²) in [7, 11) is 0. The van der Waals surface area contributed by atoms with Gasteiger partial charge in [0.2, 0.25) is 0 Å². The predicted octanol–water partition coefficient (Wildman–Crippen LogP) is 3.33. The van der Waals surface area contributed by atoms with E-state index in [0.717, 1.165) is 38.0 Å². The summed E-state index contributed by atoms with van der Waals surface area (Å²) >= 11 is 0. The molecule has 0 saturated carbocycles. The monoisotopic (exact) mass is 309 g/mol. The molecular formula is C20H27N3. The van der Waals surface area contributed by atoms with Crippen LogP contribution in [0.3, 0.4) is 0 Å². The number of aryl methyl sites for hydroxylation is 2. The molecule has 0 amide bonds. The summed E-state index contributed by atoms with van der Waals surface area (Å²) in [5.41, 5.74) is 6.52. The van der Waals surface area contributed by atoms with Gasteiger partial charge in [0.25, 0.3) is 0 Å². The zero-order chi connectivity index (χ0) is 16.2. The second kappa shape index (κ2) is 7.16. The molecule has 1 heterocycles. The molecule has 3 nitrogen and oxygen atoms in total. The third kappa shape index (κ3) is 3.92. The van der Waals surface area contributed by atoms with Crippen molar-refractivity contribution >= 4 is 5.69 Å². The second-order valence-electron chi connectivity index (χ2n) is 6.65. The fourth-order valence-corrected chi connectivity index (χ4v) is 3.23. The minimum Gasteiger partial charge on any atom is -0.317 e. The number of hydrogen-bond donors (Lipinski definition) is 2. The van der Waals surface area contributed by atoms with Crippen LogP contribution in [-0.2, 0) is 6.42 Å². The van der Waals surface area contributed by atoms with Crippen LogP contribution in [0.4, 0.5) is 5.69 Å². The normalized spacial score (nSPS) is 15.6. The average molecular weight is 309 g/mol. The van der Waals surface area contributed by atoms with E-state index in [1.807, 2.05) is 5.01 Å². The molecule has 2 aromatic rings. The summed E-state index contributed by atoms with van der Waals surface area (Å²) in [6.07, 6.45) is 3.20. The number of anilines is 1. The van der Waals surface area contributed by atoms with Crippen molar-refractivity contribution in [3.8, 4) is 0 Å². The summed E-state index contributed by atoms with van der Waals surface area (Å²) in [5, 5.41) is 5.33. The van der Waals surface area contributed by atoms with Gasteiger partial charge in [-0.15, -0.1) is 0 Å². The molecule has 0 spiro atoms. The number of hydrazine groups is 1. The Morgan fingerprint density at radius 3 is 2.26 bits per heavy atom. The van der Waals surface area contributed by atoms with Crippen molar-refractivity contribution in [1.29, 1.82) is 0 Å². The molecular weight excluding hydrogens is 282 g/mol. The predicted molar refractivity (Wildman–Crippen MR) is 97.7 cm³/mol. The molecule has 1 fully saturated rings. The Bertz CT molecular complexity index is 642. The zero-order valence-electron chi connectivity index (χ0n) is 14.2. The Hall–Kier alpha value is -1.84. The zero-order valence-corrected chi connectivity index (χ0v) is 14.2. The van der Waals surface area contributed by atoms with Gasteiger partial charge in [0.1, 0.15) is 0 Å². The molecule has 2 aromatic carbocycles. The Labute approximate surface area is 139 Å². The lowest BCUT2D eigenvalue weighted by Gasteiger charge is -2.32. The highest BCUT2D eigenvalue weighted by molar-refractivity contribution is 5.48. The van der Waals surface area contributed by atoms with Crippen molar-refractivity contribution in [3.63, 3.8) is 0 Å². The first-order valence-corrected chi connectivity index (χ1v) is 8.53. The molecule has 3 N–H and O–H groups in total. The van der Waals surface area contributed by atoms with Crippen molar-refractivity contribution in [2.75, 3.05) is 18.1 Å². The van der Waals surface area contributed by atoms with Crippen LogP contribution in [0, 0.1) is 13.8 Å². The smallest absolute Gasteiger partial charge is 0.0520 e. The van der Waals surface area contributed by atoms with E-state index >= 15 is 0 Å². The van der Waals surface area contributed by atoms with Gasteiger partial charge in [0, 0.05) is 6.04 Å². The van der Waals surface area contributed by atoms with Crippen LogP contribution in [0.2, 0.25) is 0 Å². The largest absolute Gasteiger partial charge is 0.317 e. The Morgan fingerprint density at radius 2 is 1.61 bits per heavy atom. The van der Waals surface area contributed by atoms with E-state index in [0.29, 0.717) is 6.04 Å². The number of benzene rings is 2. The molecule has 0 aliphatic carbocycles. The van der Waals surface area contributed by atoms with Gasteiger partial charge in [-0.3, -0.25) is 0 Å². The van der Waals surface area contributed by atoms with Crippen molar-refractivity contribution < 1.29 is 0 Å². The first kappa shape index (κ1) is 16.0. The van der Waals surface area contributed by atoms with Gasteiger partial charge >= 0.3 is 0 Å². The summed E-state index contributed by atoms with van der Waals surface area (Å²) < 4.78 is 0. The fourth-order valence-electron chi connectivity index (χ4n) is 3.23. The van der Waals surface area contributed by atoms with E-state index in [-0.39, 0.29) is 0 Å². The highest BCUT2D eigenvalue weighted by atomic mass is 15.4. The molecule has 3 heteroatoms. The molecule has 0 aromatic heterocycles. The summed E-state index contributed by atoms with van der Waals surface area (Å²) in [6, 6.07) is 15.9. The van der Waals surface area contributed by atoms with E-state index in [4.69, 9.17) is 5.84 Å². The van der Waals surface area contributed by atoms with E-state index < -0.39 is 0 Å². The van der Waals surface area contributed by atoms with Crippen LogP contribution >= 0.6 is 0 Å².